The maximum Gasteiger partial charge on any atom is 0.0991 e. The highest BCUT2D eigenvalue weighted by molar-refractivity contribution is 5.59. The summed E-state index contributed by atoms with van der Waals surface area (Å²) in [5.41, 5.74) is 7.32. The van der Waals surface area contributed by atoms with Crippen molar-refractivity contribution in [1.29, 1.82) is 5.26 Å². The second kappa shape index (κ2) is 11.0. The van der Waals surface area contributed by atoms with E-state index in [0.29, 0.717) is 5.56 Å². The number of fused-ring (bicyclic) bond motifs is 1. The number of hydrogen-bond donors (Lipinski definition) is 2. The van der Waals surface area contributed by atoms with Crippen LogP contribution in [-0.2, 0) is 24.8 Å². The molecule has 0 atom stereocenters. The van der Waals surface area contributed by atoms with E-state index in [1.807, 2.05) is 32.3 Å². The maximum absolute atomic E-state index is 9.41. The second-order valence-electron chi connectivity index (χ2n) is 9.90. The summed E-state index contributed by atoms with van der Waals surface area (Å²) < 4.78 is 0. The summed E-state index contributed by atoms with van der Waals surface area (Å²) in [5.74, 6) is 1.00. The van der Waals surface area contributed by atoms with Gasteiger partial charge >= 0.3 is 0 Å². The first-order chi connectivity index (χ1) is 17.0. The third-order valence-electron chi connectivity index (χ3n) is 7.99. The molecule has 0 aromatic heterocycles. The number of nitriles is 1. The topological polar surface area (TPSA) is 54.3 Å². The molecule has 2 aromatic rings. The van der Waals surface area contributed by atoms with Crippen LogP contribution in [0.2, 0.25) is 0 Å². The van der Waals surface area contributed by atoms with Crippen LogP contribution in [0.5, 0.6) is 0 Å². The zero-order valence-electron chi connectivity index (χ0n) is 21.4. The van der Waals surface area contributed by atoms with Gasteiger partial charge in [-0.05, 0) is 92.2 Å². The van der Waals surface area contributed by atoms with Gasteiger partial charge in [-0.3, -0.25) is 0 Å². The lowest BCUT2D eigenvalue weighted by Gasteiger charge is -2.41. The Morgan fingerprint density at radius 1 is 1.11 bits per heavy atom. The lowest BCUT2D eigenvalue weighted by atomic mass is 9.72. The number of likely N-dealkylation sites (tertiary alicyclic amines) is 1. The van der Waals surface area contributed by atoms with Gasteiger partial charge < -0.3 is 20.4 Å². The molecular formula is C30H39N5. The van der Waals surface area contributed by atoms with Crippen molar-refractivity contribution in [2.75, 3.05) is 45.6 Å². The molecule has 0 amide bonds. The van der Waals surface area contributed by atoms with E-state index >= 15 is 0 Å². The van der Waals surface area contributed by atoms with Crippen molar-refractivity contribution < 1.29 is 0 Å². The van der Waals surface area contributed by atoms with E-state index in [0.717, 1.165) is 69.9 Å². The van der Waals surface area contributed by atoms with Crippen molar-refractivity contribution in [3.05, 3.63) is 89.3 Å². The highest BCUT2D eigenvalue weighted by Crippen LogP contribution is 2.40. The number of piperidine rings is 1. The number of nitrogens with zero attached hydrogens (tertiary/aromatic N) is 3. The Bertz CT molecular complexity index is 1100. The van der Waals surface area contributed by atoms with Gasteiger partial charge in [0.15, 0.2) is 0 Å². The minimum Gasteiger partial charge on any atom is -0.388 e. The first-order valence-electron chi connectivity index (χ1n) is 12.8. The minimum atomic E-state index is -0.0767. The Balaban J connectivity index is 1.31. The first-order valence-corrected chi connectivity index (χ1v) is 12.8. The van der Waals surface area contributed by atoms with Gasteiger partial charge in [0.2, 0.25) is 0 Å². The average molecular weight is 470 g/mol. The number of allylic oxidation sites excluding steroid dienone is 1. The highest BCUT2D eigenvalue weighted by Gasteiger charge is 2.35. The van der Waals surface area contributed by atoms with Crippen LogP contribution < -0.4 is 10.6 Å². The Hall–Kier alpha value is -3.23. The number of hydrogen-bond acceptors (Lipinski definition) is 5. The molecule has 184 valence electrons. The molecule has 2 aliphatic rings. The summed E-state index contributed by atoms with van der Waals surface area (Å²) in [7, 11) is 3.89. The minimum absolute atomic E-state index is 0.0767. The number of aryl methyl sites for hydroxylation is 1. The lowest BCUT2D eigenvalue weighted by molar-refractivity contribution is 0.182. The maximum atomic E-state index is 9.41. The quantitative estimate of drug-likeness (QED) is 0.517. The van der Waals surface area contributed by atoms with Crippen molar-refractivity contribution in [3.63, 3.8) is 0 Å². The summed E-state index contributed by atoms with van der Waals surface area (Å²) in [6, 6.07) is 15.3. The van der Waals surface area contributed by atoms with Crippen molar-refractivity contribution in [2.24, 2.45) is 0 Å². The average Bonchev–Trinajstić information content (AvgIpc) is 2.92. The smallest absolute Gasteiger partial charge is 0.0991 e. The van der Waals surface area contributed by atoms with Gasteiger partial charge in [-0.15, -0.1) is 6.58 Å². The summed E-state index contributed by atoms with van der Waals surface area (Å²) in [6.07, 6.45) is 7.56. The summed E-state index contributed by atoms with van der Waals surface area (Å²) in [5, 5.41) is 15.9. The third-order valence-corrected chi connectivity index (χ3v) is 7.99. The van der Waals surface area contributed by atoms with Crippen LogP contribution >= 0.6 is 0 Å². The summed E-state index contributed by atoms with van der Waals surface area (Å²) in [4.78, 5) is 4.91. The van der Waals surface area contributed by atoms with Crippen LogP contribution in [0.15, 0.2) is 61.5 Å². The van der Waals surface area contributed by atoms with Crippen molar-refractivity contribution in [1.82, 2.24) is 15.1 Å². The van der Waals surface area contributed by atoms with Crippen LogP contribution in [-0.4, -0.2) is 50.1 Å². The Morgan fingerprint density at radius 2 is 1.91 bits per heavy atom. The SMILES string of the molecule is C=CC1(c2cc(C#N)ccc2NC)CCN(CCCc2ccc3c(c2)CCN(C(=C)NC)C3)CC1. The van der Waals surface area contributed by atoms with Crippen LogP contribution in [0, 0.1) is 11.3 Å². The van der Waals surface area contributed by atoms with E-state index < -0.39 is 0 Å². The molecule has 0 bridgehead atoms. The fourth-order valence-electron chi connectivity index (χ4n) is 5.66. The van der Waals surface area contributed by atoms with Crippen molar-refractivity contribution in [2.45, 2.75) is 44.1 Å². The Labute approximate surface area is 211 Å². The second-order valence-corrected chi connectivity index (χ2v) is 9.90. The molecule has 0 saturated carbocycles. The van der Waals surface area contributed by atoms with Crippen LogP contribution in [0.25, 0.3) is 0 Å². The number of benzene rings is 2. The molecule has 1 saturated heterocycles. The van der Waals surface area contributed by atoms with Gasteiger partial charge in [0, 0.05) is 38.3 Å². The number of anilines is 1. The molecule has 2 aliphatic heterocycles. The van der Waals surface area contributed by atoms with E-state index in [2.05, 4.69) is 63.9 Å². The van der Waals surface area contributed by atoms with E-state index in [1.54, 1.807) is 0 Å². The van der Waals surface area contributed by atoms with E-state index in [9.17, 15) is 5.26 Å². The predicted octanol–water partition coefficient (Wildman–Crippen LogP) is 4.80. The van der Waals surface area contributed by atoms with Gasteiger partial charge in [0.05, 0.1) is 17.5 Å². The monoisotopic (exact) mass is 469 g/mol. The molecular weight excluding hydrogens is 430 g/mol. The van der Waals surface area contributed by atoms with E-state index in [4.69, 9.17) is 0 Å². The molecule has 35 heavy (non-hydrogen) atoms. The molecule has 5 heteroatoms. The van der Waals surface area contributed by atoms with Crippen LogP contribution in [0.4, 0.5) is 5.69 Å². The molecule has 2 aromatic carbocycles. The standard InChI is InChI=1S/C30H39N5/c1-5-30(28-20-25(21-31)9-11-29(28)33-4)13-17-34(18-14-30)15-6-7-24-8-10-27-22-35(23(2)32-3)16-12-26(27)19-24/h5,8-11,19-20,32-33H,1-2,6-7,12-18,22H2,3-4H3. The fraction of sp³-hybridized carbons (Fsp3) is 0.433. The molecule has 0 aliphatic carbocycles. The van der Waals surface area contributed by atoms with Gasteiger partial charge in [-0.25, -0.2) is 0 Å². The largest absolute Gasteiger partial charge is 0.388 e. The van der Waals surface area contributed by atoms with E-state index in [-0.39, 0.29) is 5.41 Å². The molecule has 5 nitrogen and oxygen atoms in total. The number of nitrogens with one attached hydrogen (secondary N) is 2. The zero-order chi connectivity index (χ0) is 24.8. The van der Waals surface area contributed by atoms with Gasteiger partial charge in [0.1, 0.15) is 0 Å². The van der Waals surface area contributed by atoms with E-state index in [1.165, 1.54) is 28.7 Å². The fourth-order valence-corrected chi connectivity index (χ4v) is 5.66. The van der Waals surface area contributed by atoms with Gasteiger partial charge in [-0.1, -0.05) is 30.9 Å². The normalized spacial score (nSPS) is 17.2. The molecule has 1 fully saturated rings. The van der Waals surface area contributed by atoms with Crippen LogP contribution in [0.3, 0.4) is 0 Å². The first kappa shape index (κ1) is 24.9. The molecule has 0 spiro atoms. The summed E-state index contributed by atoms with van der Waals surface area (Å²) >= 11 is 0. The molecule has 0 radical (unpaired) electrons. The molecule has 2 heterocycles. The zero-order valence-corrected chi connectivity index (χ0v) is 21.4. The Morgan fingerprint density at radius 3 is 2.60 bits per heavy atom. The lowest BCUT2D eigenvalue weighted by Crippen LogP contribution is -2.42. The number of rotatable bonds is 9. The van der Waals surface area contributed by atoms with Crippen molar-refractivity contribution >= 4 is 5.69 Å². The molecule has 2 N–H and O–H groups in total. The molecule has 4 rings (SSSR count). The predicted molar refractivity (Wildman–Crippen MR) is 145 cm³/mol. The highest BCUT2D eigenvalue weighted by atomic mass is 15.2. The van der Waals surface area contributed by atoms with Gasteiger partial charge in [0.25, 0.3) is 0 Å². The van der Waals surface area contributed by atoms with Gasteiger partial charge in [-0.2, -0.15) is 5.26 Å². The Kier molecular flexibility index (Phi) is 7.83. The third kappa shape index (κ3) is 5.39. The molecule has 0 unspecified atom stereocenters. The summed E-state index contributed by atoms with van der Waals surface area (Å²) in [6.45, 7) is 13.5. The van der Waals surface area contributed by atoms with Crippen molar-refractivity contribution in [3.8, 4) is 6.07 Å². The van der Waals surface area contributed by atoms with Crippen LogP contribution in [0.1, 0.15) is 47.1 Å².